The van der Waals surface area contributed by atoms with E-state index in [2.05, 4.69) is 10.2 Å². The van der Waals surface area contributed by atoms with Crippen molar-refractivity contribution in [2.45, 2.75) is 44.2 Å². The third kappa shape index (κ3) is 4.77. The first-order valence-electron chi connectivity index (χ1n) is 11.0. The molecule has 1 fully saturated rings. The Morgan fingerprint density at radius 2 is 1.88 bits per heavy atom. The fraction of sp³-hybridized carbons (Fsp3) is 0.500. The van der Waals surface area contributed by atoms with E-state index in [4.69, 9.17) is 4.74 Å². The van der Waals surface area contributed by atoms with Crippen molar-refractivity contribution < 1.29 is 27.4 Å². The van der Waals surface area contributed by atoms with Gasteiger partial charge in [0, 0.05) is 30.3 Å². The van der Waals surface area contributed by atoms with Gasteiger partial charge in [0.1, 0.15) is 5.82 Å². The van der Waals surface area contributed by atoms with E-state index >= 15 is 0 Å². The minimum atomic E-state index is -4.44. The molecule has 2 aromatic carbocycles. The highest BCUT2D eigenvalue weighted by Crippen LogP contribution is 2.51. The molecule has 174 valence electrons. The molecule has 2 N–H and O–H groups in total. The standard InChI is InChI=1S/C24H28F4N2O2/c1-2-30(11-12-31)14-18-8-9-19-22(15-3-6-17(25)7-4-15)29-21-10-5-16(24(26,27)28)13-20(21)23(19)32-18/h3-7,10,13,18-19,22-23,29,31H,2,8-9,11-12,14H2,1H3/t18-,19+,22+,23+/m1/s1. The number of rotatable bonds is 6. The van der Waals surface area contributed by atoms with Crippen molar-refractivity contribution in [2.24, 2.45) is 5.92 Å². The fourth-order valence-corrected chi connectivity index (χ4v) is 4.87. The summed E-state index contributed by atoms with van der Waals surface area (Å²) in [6.45, 7) is 3.94. The van der Waals surface area contributed by atoms with Gasteiger partial charge in [-0.05, 0) is 55.3 Å². The molecule has 1 saturated heterocycles. The van der Waals surface area contributed by atoms with Crippen molar-refractivity contribution in [3.05, 3.63) is 65.0 Å². The molecule has 0 aliphatic carbocycles. The molecular weight excluding hydrogens is 424 g/mol. The first kappa shape index (κ1) is 23.0. The van der Waals surface area contributed by atoms with Gasteiger partial charge in [-0.3, -0.25) is 4.90 Å². The van der Waals surface area contributed by atoms with E-state index in [0.29, 0.717) is 24.3 Å². The molecule has 4 nitrogen and oxygen atoms in total. The van der Waals surface area contributed by atoms with Crippen molar-refractivity contribution in [3.8, 4) is 0 Å². The van der Waals surface area contributed by atoms with Gasteiger partial charge in [0.2, 0.25) is 0 Å². The molecule has 4 rings (SSSR count). The van der Waals surface area contributed by atoms with Crippen LogP contribution in [0.15, 0.2) is 42.5 Å². The summed E-state index contributed by atoms with van der Waals surface area (Å²) in [4.78, 5) is 2.08. The number of likely N-dealkylation sites (N-methyl/N-ethyl adjacent to an activating group) is 1. The predicted molar refractivity (Wildman–Crippen MR) is 114 cm³/mol. The highest BCUT2D eigenvalue weighted by Gasteiger charge is 2.43. The van der Waals surface area contributed by atoms with Crippen LogP contribution in [0, 0.1) is 11.7 Å². The lowest BCUT2D eigenvalue weighted by Gasteiger charge is -2.46. The van der Waals surface area contributed by atoms with E-state index < -0.39 is 17.8 Å². The van der Waals surface area contributed by atoms with Gasteiger partial charge in [-0.25, -0.2) is 4.39 Å². The van der Waals surface area contributed by atoms with Crippen molar-refractivity contribution >= 4 is 5.69 Å². The Morgan fingerprint density at radius 3 is 2.53 bits per heavy atom. The number of aliphatic hydroxyl groups is 1. The van der Waals surface area contributed by atoms with Gasteiger partial charge in [0.05, 0.1) is 30.4 Å². The zero-order chi connectivity index (χ0) is 22.9. The number of nitrogens with zero attached hydrogens (tertiary/aromatic N) is 1. The van der Waals surface area contributed by atoms with Crippen LogP contribution in [-0.2, 0) is 10.9 Å². The highest BCUT2D eigenvalue weighted by atomic mass is 19.4. The number of hydrogen-bond acceptors (Lipinski definition) is 4. The van der Waals surface area contributed by atoms with Crippen LogP contribution in [0.25, 0.3) is 0 Å². The minimum absolute atomic E-state index is 0.0426. The van der Waals surface area contributed by atoms with Crippen LogP contribution in [0.2, 0.25) is 0 Å². The Morgan fingerprint density at radius 1 is 1.12 bits per heavy atom. The topological polar surface area (TPSA) is 44.7 Å². The van der Waals surface area contributed by atoms with Gasteiger partial charge < -0.3 is 15.2 Å². The Kier molecular flexibility index (Phi) is 6.74. The van der Waals surface area contributed by atoms with E-state index in [1.165, 1.54) is 24.3 Å². The molecule has 0 bridgehead atoms. The molecule has 2 aromatic rings. The molecule has 0 radical (unpaired) electrons. The van der Waals surface area contributed by atoms with Gasteiger partial charge in [-0.15, -0.1) is 0 Å². The summed E-state index contributed by atoms with van der Waals surface area (Å²) >= 11 is 0. The lowest BCUT2D eigenvalue weighted by molar-refractivity contribution is -0.138. The van der Waals surface area contributed by atoms with Crippen LogP contribution in [-0.4, -0.2) is 42.4 Å². The van der Waals surface area contributed by atoms with Gasteiger partial charge in [0.25, 0.3) is 0 Å². The molecule has 8 heteroatoms. The fourth-order valence-electron chi connectivity index (χ4n) is 4.87. The molecule has 0 amide bonds. The SMILES string of the molecule is CCN(CCO)C[C@H]1CC[C@@H]2[C@H](O1)c1cc(C(F)(F)F)ccc1N[C@H]2c1ccc(F)cc1. The maximum Gasteiger partial charge on any atom is 0.416 e. The van der Waals surface area contributed by atoms with Crippen molar-refractivity contribution in [2.75, 3.05) is 31.6 Å². The van der Waals surface area contributed by atoms with Crippen LogP contribution in [0.5, 0.6) is 0 Å². The van der Waals surface area contributed by atoms with Crippen LogP contribution in [0.1, 0.15) is 48.6 Å². The second kappa shape index (κ2) is 9.37. The predicted octanol–water partition coefficient (Wildman–Crippen LogP) is 5.16. The van der Waals surface area contributed by atoms with Crippen molar-refractivity contribution in [1.82, 2.24) is 4.90 Å². The zero-order valence-corrected chi connectivity index (χ0v) is 17.9. The molecule has 32 heavy (non-hydrogen) atoms. The average molecular weight is 452 g/mol. The second-order valence-electron chi connectivity index (χ2n) is 8.51. The van der Waals surface area contributed by atoms with Crippen LogP contribution >= 0.6 is 0 Å². The summed E-state index contributed by atoms with van der Waals surface area (Å²) in [5.74, 6) is -0.416. The van der Waals surface area contributed by atoms with E-state index in [0.717, 1.165) is 31.0 Å². The summed E-state index contributed by atoms with van der Waals surface area (Å²) in [5.41, 5.74) is 1.30. The van der Waals surface area contributed by atoms with E-state index in [1.54, 1.807) is 12.1 Å². The Bertz CT molecular complexity index is 919. The molecule has 2 heterocycles. The smallest absolute Gasteiger partial charge is 0.395 e. The molecule has 0 spiro atoms. The van der Waals surface area contributed by atoms with Gasteiger partial charge in [-0.2, -0.15) is 13.2 Å². The normalized spacial score (nSPS) is 25.2. The lowest BCUT2D eigenvalue weighted by Crippen LogP contribution is -2.43. The maximum absolute atomic E-state index is 13.5. The summed E-state index contributed by atoms with van der Waals surface area (Å²) in [6.07, 6.45) is -3.56. The number of aliphatic hydroxyl groups excluding tert-OH is 1. The molecule has 2 aliphatic heterocycles. The number of fused-ring (bicyclic) bond motifs is 3. The number of hydrogen-bond donors (Lipinski definition) is 2. The monoisotopic (exact) mass is 452 g/mol. The third-order valence-electron chi connectivity index (χ3n) is 6.53. The Labute approximate surface area is 185 Å². The summed E-state index contributed by atoms with van der Waals surface area (Å²) in [7, 11) is 0. The number of anilines is 1. The van der Waals surface area contributed by atoms with Crippen molar-refractivity contribution in [1.29, 1.82) is 0 Å². The quantitative estimate of drug-likeness (QED) is 0.595. The first-order chi connectivity index (χ1) is 15.3. The lowest BCUT2D eigenvalue weighted by atomic mass is 9.76. The number of ether oxygens (including phenoxy) is 1. The second-order valence-corrected chi connectivity index (χ2v) is 8.51. The Hall–Kier alpha value is -2.16. The molecule has 0 unspecified atom stereocenters. The minimum Gasteiger partial charge on any atom is -0.395 e. The van der Waals surface area contributed by atoms with Crippen LogP contribution in [0.4, 0.5) is 23.2 Å². The zero-order valence-electron chi connectivity index (χ0n) is 17.9. The summed E-state index contributed by atoms with van der Waals surface area (Å²) < 4.78 is 60.2. The van der Waals surface area contributed by atoms with Gasteiger partial charge in [-0.1, -0.05) is 19.1 Å². The average Bonchev–Trinajstić information content (AvgIpc) is 2.78. The largest absolute Gasteiger partial charge is 0.416 e. The van der Waals surface area contributed by atoms with Crippen LogP contribution in [0.3, 0.4) is 0 Å². The molecule has 0 saturated carbocycles. The van der Waals surface area contributed by atoms with Crippen molar-refractivity contribution in [3.63, 3.8) is 0 Å². The number of nitrogens with one attached hydrogen (secondary N) is 1. The number of alkyl halides is 3. The van der Waals surface area contributed by atoms with E-state index in [1.807, 2.05) is 6.92 Å². The van der Waals surface area contributed by atoms with Crippen LogP contribution < -0.4 is 5.32 Å². The molecule has 0 aromatic heterocycles. The number of benzene rings is 2. The maximum atomic E-state index is 13.5. The molecular formula is C24H28F4N2O2. The van der Waals surface area contributed by atoms with E-state index in [-0.39, 0.29) is 30.5 Å². The van der Waals surface area contributed by atoms with Gasteiger partial charge >= 0.3 is 6.18 Å². The Balaban J connectivity index is 1.67. The first-order valence-corrected chi connectivity index (χ1v) is 11.0. The molecule has 4 atom stereocenters. The summed E-state index contributed by atoms with van der Waals surface area (Å²) in [5, 5.41) is 12.7. The number of halogens is 4. The third-order valence-corrected chi connectivity index (χ3v) is 6.53. The summed E-state index contributed by atoms with van der Waals surface area (Å²) in [6, 6.07) is 9.76. The van der Waals surface area contributed by atoms with Gasteiger partial charge in [0.15, 0.2) is 0 Å². The van der Waals surface area contributed by atoms with E-state index in [9.17, 15) is 22.7 Å². The molecule has 2 aliphatic rings. The highest BCUT2D eigenvalue weighted by molar-refractivity contribution is 5.58.